The maximum absolute atomic E-state index is 2.12. The van der Waals surface area contributed by atoms with Crippen LogP contribution in [-0.2, 0) is 7.05 Å². The number of fused-ring (bicyclic) bond motifs is 1. The van der Waals surface area contributed by atoms with Gasteiger partial charge in [-0.1, -0.05) is 12.1 Å². The fourth-order valence-electron chi connectivity index (χ4n) is 1.31. The van der Waals surface area contributed by atoms with Gasteiger partial charge in [0.05, 0.1) is 0 Å². The Bertz CT molecular complexity index is 382. The highest BCUT2D eigenvalue weighted by Gasteiger charge is 1.99. The molecule has 1 heterocycles. The fraction of sp³-hybridized carbons (Fsp3) is 0.100. The minimum atomic E-state index is 0. The molecule has 1 aromatic carbocycles. The van der Waals surface area contributed by atoms with Crippen molar-refractivity contribution in [2.24, 2.45) is 7.05 Å². The predicted octanol–water partition coefficient (Wildman–Crippen LogP) is 2.51. The van der Waals surface area contributed by atoms with E-state index in [1.807, 2.05) is 0 Å². The largest absolute Gasteiger partial charge is 0.212 e. The Hall–Kier alpha value is -0.790. The van der Waals surface area contributed by atoms with E-state index in [0.29, 0.717) is 0 Å². The minimum Gasteiger partial charge on any atom is -0.201 e. The second-order valence-electron chi connectivity index (χ2n) is 2.68. The summed E-state index contributed by atoms with van der Waals surface area (Å²) in [6.45, 7) is 0. The maximum Gasteiger partial charge on any atom is 0.212 e. The quantitative estimate of drug-likeness (QED) is 0.597. The Kier molecular flexibility index (Phi) is 4.74. The Balaban J connectivity index is 0.000000720. The molecule has 0 bridgehead atoms. The number of benzene rings is 1. The number of hydrogen-bond acceptors (Lipinski definition) is 0. The third-order valence-corrected chi connectivity index (χ3v) is 1.90. The van der Waals surface area contributed by atoms with E-state index in [9.17, 15) is 0 Å². The van der Waals surface area contributed by atoms with Gasteiger partial charge < -0.3 is 0 Å². The van der Waals surface area contributed by atoms with Gasteiger partial charge in [0.25, 0.3) is 0 Å². The van der Waals surface area contributed by atoms with Crippen molar-refractivity contribution in [3.8, 4) is 0 Å². The number of aryl methyl sites for hydroxylation is 1. The minimum absolute atomic E-state index is 0. The summed E-state index contributed by atoms with van der Waals surface area (Å²) in [5.74, 6) is 0. The second-order valence-corrected chi connectivity index (χ2v) is 2.68. The molecule has 0 unspecified atom stereocenters. The van der Waals surface area contributed by atoms with Gasteiger partial charge in [0.15, 0.2) is 6.20 Å². The smallest absolute Gasteiger partial charge is 0.201 e. The Morgan fingerprint density at radius 1 is 0.923 bits per heavy atom. The van der Waals surface area contributed by atoms with Crippen LogP contribution in [0.3, 0.4) is 0 Å². The van der Waals surface area contributed by atoms with Gasteiger partial charge in [-0.3, -0.25) is 0 Å². The predicted molar refractivity (Wildman–Crippen MR) is 59.6 cm³/mol. The van der Waals surface area contributed by atoms with Crippen molar-refractivity contribution >= 4 is 35.7 Å². The molecule has 0 aliphatic carbocycles. The van der Waals surface area contributed by atoms with Gasteiger partial charge in [-0.2, -0.15) is 0 Å². The zero-order valence-corrected chi connectivity index (χ0v) is 8.94. The summed E-state index contributed by atoms with van der Waals surface area (Å²) in [4.78, 5) is 0. The van der Waals surface area contributed by atoms with E-state index < -0.39 is 0 Å². The third-order valence-electron chi connectivity index (χ3n) is 1.90. The van der Waals surface area contributed by atoms with Crippen molar-refractivity contribution in [1.29, 1.82) is 0 Å². The van der Waals surface area contributed by atoms with E-state index in [-0.39, 0.29) is 24.8 Å². The van der Waals surface area contributed by atoms with Crippen LogP contribution in [0.1, 0.15) is 0 Å². The monoisotopic (exact) mass is 216 g/mol. The van der Waals surface area contributed by atoms with E-state index in [1.165, 1.54) is 10.9 Å². The zero-order valence-electron chi connectivity index (χ0n) is 7.31. The van der Waals surface area contributed by atoms with E-state index in [0.717, 1.165) is 0 Å². The highest BCUT2D eigenvalue weighted by molar-refractivity contribution is 5.85. The molecule has 0 fully saturated rings. The van der Waals surface area contributed by atoms with Crippen LogP contribution in [0.5, 0.6) is 0 Å². The summed E-state index contributed by atoms with van der Waals surface area (Å²) in [5, 5.41) is 1.29. The molecule has 0 aliphatic rings. The number of rotatable bonds is 0. The van der Waals surface area contributed by atoms with Gasteiger partial charge in [-0.15, -0.1) is 24.8 Å². The van der Waals surface area contributed by atoms with E-state index >= 15 is 0 Å². The lowest BCUT2D eigenvalue weighted by molar-refractivity contribution is -0.644. The van der Waals surface area contributed by atoms with Crippen LogP contribution in [-0.4, -0.2) is 0 Å². The first-order valence-corrected chi connectivity index (χ1v) is 3.71. The van der Waals surface area contributed by atoms with Crippen LogP contribution < -0.4 is 4.57 Å². The number of pyridine rings is 1. The number of hydrogen-bond donors (Lipinski definition) is 0. The SMILES string of the molecule is C[n+]1cccc2ccccc21.Cl.Cl. The second kappa shape index (κ2) is 5.05. The van der Waals surface area contributed by atoms with Gasteiger partial charge in [0.2, 0.25) is 5.52 Å². The van der Waals surface area contributed by atoms with Crippen molar-refractivity contribution in [2.45, 2.75) is 0 Å². The van der Waals surface area contributed by atoms with Crippen LogP contribution in [0.4, 0.5) is 0 Å². The lowest BCUT2D eigenvalue weighted by atomic mass is 10.2. The molecule has 0 radical (unpaired) electrons. The molecule has 2 aromatic rings. The molecule has 0 spiro atoms. The lowest BCUT2D eigenvalue weighted by Gasteiger charge is -1.93. The summed E-state index contributed by atoms with van der Waals surface area (Å²) >= 11 is 0. The van der Waals surface area contributed by atoms with Crippen LogP contribution in [0.25, 0.3) is 10.9 Å². The van der Waals surface area contributed by atoms with Gasteiger partial charge in [0.1, 0.15) is 7.05 Å². The molecule has 0 saturated heterocycles. The molecule has 1 nitrogen and oxygen atoms in total. The molecule has 0 saturated carbocycles. The number of nitrogens with zero attached hydrogens (tertiary/aromatic N) is 1. The molecule has 2 rings (SSSR count). The molecular formula is C10H12Cl2N+. The summed E-state index contributed by atoms with van der Waals surface area (Å²) in [5.41, 5.74) is 1.27. The maximum atomic E-state index is 2.12. The Labute approximate surface area is 90.2 Å². The average Bonchev–Trinajstić information content (AvgIpc) is 2.06. The number of para-hydroxylation sites is 1. The zero-order chi connectivity index (χ0) is 7.68. The Morgan fingerprint density at radius 2 is 1.54 bits per heavy atom. The first kappa shape index (κ1) is 12.2. The molecule has 0 atom stereocenters. The number of halogens is 2. The summed E-state index contributed by atoms with van der Waals surface area (Å²) < 4.78 is 2.12. The normalized spacial score (nSPS) is 8.69. The third kappa shape index (κ3) is 2.33. The highest BCUT2D eigenvalue weighted by Crippen LogP contribution is 2.06. The molecule has 0 amide bonds. The fourth-order valence-corrected chi connectivity index (χ4v) is 1.31. The van der Waals surface area contributed by atoms with Crippen molar-refractivity contribution in [2.75, 3.05) is 0 Å². The molecule has 0 aliphatic heterocycles. The topological polar surface area (TPSA) is 3.88 Å². The summed E-state index contributed by atoms with van der Waals surface area (Å²) in [6, 6.07) is 12.5. The van der Waals surface area contributed by atoms with Crippen LogP contribution >= 0.6 is 24.8 Å². The molecule has 13 heavy (non-hydrogen) atoms. The highest BCUT2D eigenvalue weighted by atomic mass is 35.5. The van der Waals surface area contributed by atoms with E-state index in [2.05, 4.69) is 54.2 Å². The molecular weight excluding hydrogens is 205 g/mol. The first-order valence-electron chi connectivity index (χ1n) is 3.71. The Morgan fingerprint density at radius 3 is 2.23 bits per heavy atom. The first-order chi connectivity index (χ1) is 5.38. The van der Waals surface area contributed by atoms with Crippen LogP contribution in [0.15, 0.2) is 42.6 Å². The summed E-state index contributed by atoms with van der Waals surface area (Å²) in [7, 11) is 2.06. The molecule has 0 N–H and O–H groups in total. The summed E-state index contributed by atoms with van der Waals surface area (Å²) in [6.07, 6.45) is 2.06. The van der Waals surface area contributed by atoms with E-state index in [4.69, 9.17) is 0 Å². The lowest BCUT2D eigenvalue weighted by Crippen LogP contribution is -2.27. The average molecular weight is 217 g/mol. The van der Waals surface area contributed by atoms with E-state index in [1.54, 1.807) is 0 Å². The van der Waals surface area contributed by atoms with Crippen LogP contribution in [0, 0.1) is 0 Å². The van der Waals surface area contributed by atoms with Gasteiger partial charge in [-0.05, 0) is 12.1 Å². The van der Waals surface area contributed by atoms with Gasteiger partial charge in [-0.25, -0.2) is 4.57 Å². The molecule has 70 valence electrons. The van der Waals surface area contributed by atoms with Crippen molar-refractivity contribution in [3.05, 3.63) is 42.6 Å². The van der Waals surface area contributed by atoms with Crippen molar-refractivity contribution in [3.63, 3.8) is 0 Å². The standard InChI is InChI=1S/C10H10N.2ClH/c1-11-8-4-6-9-5-2-3-7-10(9)11;;/h2-8H,1H3;2*1H/q+1;;. The van der Waals surface area contributed by atoms with Crippen molar-refractivity contribution < 1.29 is 4.57 Å². The number of aromatic nitrogens is 1. The van der Waals surface area contributed by atoms with Gasteiger partial charge >= 0.3 is 0 Å². The molecule has 3 heteroatoms. The van der Waals surface area contributed by atoms with Crippen LogP contribution in [0.2, 0.25) is 0 Å². The molecule has 1 aromatic heterocycles. The van der Waals surface area contributed by atoms with Gasteiger partial charge in [0, 0.05) is 17.5 Å². The van der Waals surface area contributed by atoms with Crippen molar-refractivity contribution in [1.82, 2.24) is 0 Å².